The first kappa shape index (κ1) is 28.9. The quantitative estimate of drug-likeness (QED) is 0.104. The summed E-state index contributed by atoms with van der Waals surface area (Å²) in [5.41, 5.74) is 5.01. The molecule has 0 heterocycles. The summed E-state index contributed by atoms with van der Waals surface area (Å²) in [6.07, 6.45) is 0. The summed E-state index contributed by atoms with van der Waals surface area (Å²) in [6.45, 7) is 1.91. The Bertz CT molecular complexity index is 1380. The SMILES string of the molecule is C[Si](ON(c1ccccc1)c1ccccc1)(ON(c1ccccc1)c1ccccc1)ON(c1ccccc1)c1ccccc1. The molecule has 0 unspecified atom stereocenters. The molecule has 44 heavy (non-hydrogen) atoms. The highest BCUT2D eigenvalue weighted by Gasteiger charge is 2.46. The van der Waals surface area contributed by atoms with Gasteiger partial charge in [-0.1, -0.05) is 109 Å². The summed E-state index contributed by atoms with van der Waals surface area (Å²) >= 11 is 0. The predicted molar refractivity (Wildman–Crippen MR) is 180 cm³/mol. The van der Waals surface area contributed by atoms with Crippen molar-refractivity contribution in [3.63, 3.8) is 0 Å². The van der Waals surface area contributed by atoms with Gasteiger partial charge in [-0.05, 0) is 72.8 Å². The summed E-state index contributed by atoms with van der Waals surface area (Å²) in [5, 5.41) is 5.36. The van der Waals surface area contributed by atoms with Gasteiger partial charge in [0.25, 0.3) is 0 Å². The van der Waals surface area contributed by atoms with Gasteiger partial charge in [0.05, 0.1) is 34.1 Å². The van der Waals surface area contributed by atoms with Crippen LogP contribution in [0.4, 0.5) is 34.1 Å². The molecule has 0 saturated carbocycles. The Morgan fingerprint density at radius 1 is 0.295 bits per heavy atom. The molecule has 6 aromatic carbocycles. The number of para-hydroxylation sites is 6. The molecule has 218 valence electrons. The van der Waals surface area contributed by atoms with Crippen molar-refractivity contribution in [3.8, 4) is 0 Å². The van der Waals surface area contributed by atoms with Gasteiger partial charge in [0.1, 0.15) is 0 Å². The van der Waals surface area contributed by atoms with E-state index in [1.807, 2.05) is 189 Å². The molecule has 0 N–H and O–H groups in total. The molecule has 0 aromatic heterocycles. The normalized spacial score (nSPS) is 11.1. The largest absolute Gasteiger partial charge is 0.565 e. The van der Waals surface area contributed by atoms with Crippen LogP contribution in [0.1, 0.15) is 0 Å². The lowest BCUT2D eigenvalue weighted by Gasteiger charge is -2.39. The molecule has 0 aliphatic carbocycles. The van der Waals surface area contributed by atoms with Gasteiger partial charge >= 0.3 is 8.80 Å². The average molecular weight is 596 g/mol. The average Bonchev–Trinajstić information content (AvgIpc) is 3.11. The molecule has 0 radical (unpaired) electrons. The molecule has 0 fully saturated rings. The van der Waals surface area contributed by atoms with Gasteiger partial charge in [-0.15, -0.1) is 0 Å². The van der Waals surface area contributed by atoms with Crippen LogP contribution in [0.15, 0.2) is 182 Å². The molecular formula is C37H33N3O3Si. The fourth-order valence-electron chi connectivity index (χ4n) is 4.69. The van der Waals surface area contributed by atoms with E-state index in [4.69, 9.17) is 13.6 Å². The van der Waals surface area contributed by atoms with Gasteiger partial charge in [-0.25, -0.2) is 15.2 Å². The Labute approximate surface area is 259 Å². The second kappa shape index (κ2) is 13.9. The molecule has 6 rings (SSSR count). The minimum Gasteiger partial charge on any atom is -0.251 e. The van der Waals surface area contributed by atoms with Gasteiger partial charge in [-0.2, -0.15) is 0 Å². The van der Waals surface area contributed by atoms with Crippen LogP contribution in [0.25, 0.3) is 0 Å². The maximum absolute atomic E-state index is 7.00. The molecule has 0 aliphatic rings. The summed E-state index contributed by atoms with van der Waals surface area (Å²) < 4.78 is 21.0. The number of hydrogen-bond donors (Lipinski definition) is 0. The molecule has 0 bridgehead atoms. The number of hydrogen-bond acceptors (Lipinski definition) is 6. The third-order valence-electron chi connectivity index (χ3n) is 6.72. The molecule has 0 atom stereocenters. The first-order chi connectivity index (χ1) is 21.7. The molecular weight excluding hydrogens is 563 g/mol. The minimum atomic E-state index is -3.76. The van der Waals surface area contributed by atoms with Crippen molar-refractivity contribution in [1.82, 2.24) is 0 Å². The van der Waals surface area contributed by atoms with E-state index in [-0.39, 0.29) is 0 Å². The van der Waals surface area contributed by atoms with E-state index in [0.717, 1.165) is 34.1 Å². The Hall–Kier alpha value is -5.18. The third-order valence-corrected chi connectivity index (χ3v) is 8.26. The van der Waals surface area contributed by atoms with Crippen LogP contribution in [-0.2, 0) is 13.6 Å². The highest BCUT2D eigenvalue weighted by Crippen LogP contribution is 2.35. The fraction of sp³-hybridized carbons (Fsp3) is 0.0270. The van der Waals surface area contributed by atoms with Crippen molar-refractivity contribution in [2.24, 2.45) is 0 Å². The topological polar surface area (TPSA) is 37.4 Å². The van der Waals surface area contributed by atoms with Gasteiger partial charge in [0, 0.05) is 6.55 Å². The van der Waals surface area contributed by atoms with E-state index in [0.29, 0.717) is 0 Å². The molecule has 7 heteroatoms. The summed E-state index contributed by atoms with van der Waals surface area (Å²) in [7, 11) is -3.76. The highest BCUT2D eigenvalue weighted by atomic mass is 28.4. The number of benzene rings is 6. The first-order valence-electron chi connectivity index (χ1n) is 14.5. The Kier molecular flexibility index (Phi) is 9.11. The van der Waals surface area contributed by atoms with E-state index >= 15 is 0 Å². The first-order valence-corrected chi connectivity index (χ1v) is 16.7. The number of nitrogens with zero attached hydrogens (tertiary/aromatic N) is 3. The molecule has 0 aliphatic heterocycles. The van der Waals surface area contributed by atoms with Gasteiger partial charge < -0.3 is 0 Å². The lowest BCUT2D eigenvalue weighted by molar-refractivity contribution is 0.0657. The second-order valence-electron chi connectivity index (χ2n) is 10.0. The van der Waals surface area contributed by atoms with Gasteiger partial charge in [0.15, 0.2) is 0 Å². The maximum Gasteiger partial charge on any atom is 0.565 e. The molecule has 0 amide bonds. The van der Waals surface area contributed by atoms with Crippen LogP contribution in [0, 0.1) is 0 Å². The van der Waals surface area contributed by atoms with Crippen molar-refractivity contribution in [3.05, 3.63) is 182 Å². The lowest BCUT2D eigenvalue weighted by Crippen LogP contribution is -2.53. The highest BCUT2D eigenvalue weighted by molar-refractivity contribution is 6.60. The van der Waals surface area contributed by atoms with Crippen molar-refractivity contribution in [2.45, 2.75) is 6.55 Å². The monoisotopic (exact) mass is 595 g/mol. The molecule has 6 nitrogen and oxygen atoms in total. The molecule has 0 saturated heterocycles. The van der Waals surface area contributed by atoms with Crippen LogP contribution in [0.5, 0.6) is 0 Å². The van der Waals surface area contributed by atoms with E-state index in [9.17, 15) is 0 Å². The van der Waals surface area contributed by atoms with Crippen molar-refractivity contribution >= 4 is 42.9 Å². The standard InChI is InChI=1S/C37H33N3O3Si/c1-44(41-38(32-20-8-2-9-21-32)33-22-10-3-11-23-33,42-39(34-24-12-4-13-25-34)35-26-14-5-15-27-35)43-40(36-28-16-6-17-29-36)37-30-18-7-19-31-37/h2-31H,1H3. The Morgan fingerprint density at radius 2 is 0.455 bits per heavy atom. The zero-order chi connectivity index (χ0) is 30.0. The number of anilines is 6. The molecule has 0 spiro atoms. The lowest BCUT2D eigenvalue weighted by atomic mass is 10.2. The summed E-state index contributed by atoms with van der Waals surface area (Å²) in [4.78, 5) is 0. The minimum absolute atomic E-state index is 0.835. The Morgan fingerprint density at radius 3 is 0.614 bits per heavy atom. The third kappa shape index (κ3) is 7.06. The van der Waals surface area contributed by atoms with E-state index in [1.165, 1.54) is 0 Å². The summed E-state index contributed by atoms with van der Waals surface area (Å²) in [5.74, 6) is 0. The van der Waals surface area contributed by atoms with E-state index < -0.39 is 8.80 Å². The fourth-order valence-corrected chi connectivity index (χ4v) is 6.42. The zero-order valence-corrected chi connectivity index (χ0v) is 25.4. The maximum atomic E-state index is 7.00. The number of rotatable bonds is 12. The predicted octanol–water partition coefficient (Wildman–Crippen LogP) is 9.86. The smallest absolute Gasteiger partial charge is 0.251 e. The van der Waals surface area contributed by atoms with Crippen LogP contribution >= 0.6 is 0 Å². The van der Waals surface area contributed by atoms with Crippen molar-refractivity contribution < 1.29 is 13.6 Å². The van der Waals surface area contributed by atoms with Gasteiger partial charge in [0.2, 0.25) is 0 Å². The molecule has 6 aromatic rings. The van der Waals surface area contributed by atoms with Crippen LogP contribution in [0.2, 0.25) is 6.55 Å². The Balaban J connectivity index is 1.48. The zero-order valence-electron chi connectivity index (χ0n) is 24.4. The van der Waals surface area contributed by atoms with Crippen LogP contribution in [0.3, 0.4) is 0 Å². The van der Waals surface area contributed by atoms with Crippen LogP contribution in [-0.4, -0.2) is 8.80 Å². The van der Waals surface area contributed by atoms with Crippen molar-refractivity contribution in [2.75, 3.05) is 15.2 Å². The van der Waals surface area contributed by atoms with Gasteiger partial charge in [-0.3, -0.25) is 13.6 Å². The van der Waals surface area contributed by atoms with Crippen LogP contribution < -0.4 is 15.2 Å². The van der Waals surface area contributed by atoms with Crippen molar-refractivity contribution in [1.29, 1.82) is 0 Å². The van der Waals surface area contributed by atoms with E-state index in [1.54, 1.807) is 15.2 Å². The van der Waals surface area contributed by atoms with E-state index in [2.05, 4.69) is 0 Å². The summed E-state index contributed by atoms with van der Waals surface area (Å²) in [6, 6.07) is 59.7. The second-order valence-corrected chi connectivity index (χ2v) is 12.3.